The Hall–Kier alpha value is -1.58. The molecule has 4 nitrogen and oxygen atoms in total. The highest BCUT2D eigenvalue weighted by atomic mass is 16.4. The van der Waals surface area contributed by atoms with Crippen LogP contribution < -0.4 is 5.32 Å². The van der Waals surface area contributed by atoms with Gasteiger partial charge in [-0.2, -0.15) is 0 Å². The molecule has 1 aromatic rings. The van der Waals surface area contributed by atoms with Gasteiger partial charge in [-0.15, -0.1) is 0 Å². The zero-order chi connectivity index (χ0) is 13.8. The third kappa shape index (κ3) is 3.25. The summed E-state index contributed by atoms with van der Waals surface area (Å²) in [6.45, 7) is 4.49. The van der Waals surface area contributed by atoms with Crippen LogP contribution in [0, 0.1) is 11.8 Å². The lowest BCUT2D eigenvalue weighted by molar-refractivity contribution is 0.0697. The molecule has 0 spiro atoms. The largest absolute Gasteiger partial charge is 0.478 e. The van der Waals surface area contributed by atoms with E-state index in [2.05, 4.69) is 24.1 Å². The molecule has 0 aliphatic heterocycles. The lowest BCUT2D eigenvalue weighted by Crippen LogP contribution is -2.35. The van der Waals surface area contributed by atoms with E-state index in [1.54, 1.807) is 12.3 Å². The van der Waals surface area contributed by atoms with Gasteiger partial charge in [-0.3, -0.25) is 4.98 Å². The lowest BCUT2D eigenvalue weighted by Gasteiger charge is -2.35. The zero-order valence-electron chi connectivity index (χ0n) is 11.6. The van der Waals surface area contributed by atoms with Gasteiger partial charge in [0.2, 0.25) is 0 Å². The zero-order valence-corrected chi connectivity index (χ0v) is 11.6. The first kappa shape index (κ1) is 13.8. The van der Waals surface area contributed by atoms with E-state index in [4.69, 9.17) is 0 Å². The Morgan fingerprint density at radius 3 is 2.84 bits per heavy atom. The second kappa shape index (κ2) is 6.04. The standard InChI is InChI=1S/C15H22N2O2/c1-10(2)11-5-3-4-6-13(11)17-14-7-8-16-9-12(14)15(18)19/h7-11,13H,3-6H2,1-2H3,(H,16,17)(H,18,19). The SMILES string of the molecule is CC(C)C1CCCCC1Nc1ccncc1C(=O)O. The van der Waals surface area contributed by atoms with Gasteiger partial charge in [0.1, 0.15) is 5.56 Å². The molecule has 0 saturated heterocycles. The van der Waals surface area contributed by atoms with Gasteiger partial charge in [0.25, 0.3) is 0 Å². The van der Waals surface area contributed by atoms with E-state index >= 15 is 0 Å². The van der Waals surface area contributed by atoms with Gasteiger partial charge >= 0.3 is 5.97 Å². The Balaban J connectivity index is 2.17. The molecule has 0 bridgehead atoms. The lowest BCUT2D eigenvalue weighted by atomic mass is 9.77. The second-order valence-electron chi connectivity index (χ2n) is 5.67. The summed E-state index contributed by atoms with van der Waals surface area (Å²) in [5, 5.41) is 12.6. The van der Waals surface area contributed by atoms with Crippen molar-refractivity contribution in [2.24, 2.45) is 11.8 Å². The van der Waals surface area contributed by atoms with E-state index in [1.165, 1.54) is 25.5 Å². The van der Waals surface area contributed by atoms with Crippen LogP contribution in [-0.4, -0.2) is 22.1 Å². The second-order valence-corrected chi connectivity index (χ2v) is 5.67. The van der Waals surface area contributed by atoms with Crippen molar-refractivity contribution in [2.75, 3.05) is 5.32 Å². The minimum absolute atomic E-state index is 0.260. The predicted octanol–water partition coefficient (Wildman–Crippen LogP) is 3.41. The highest BCUT2D eigenvalue weighted by molar-refractivity contribution is 5.93. The summed E-state index contributed by atoms with van der Waals surface area (Å²) in [4.78, 5) is 15.1. The van der Waals surface area contributed by atoms with Gasteiger partial charge in [0.15, 0.2) is 0 Å². The maximum Gasteiger partial charge on any atom is 0.339 e. The molecule has 1 saturated carbocycles. The maximum absolute atomic E-state index is 11.2. The molecule has 104 valence electrons. The summed E-state index contributed by atoms with van der Waals surface area (Å²) in [6, 6.07) is 2.13. The fraction of sp³-hybridized carbons (Fsp3) is 0.600. The van der Waals surface area contributed by atoms with Crippen LogP contribution in [0.2, 0.25) is 0 Å². The van der Waals surface area contributed by atoms with Crippen LogP contribution in [0.1, 0.15) is 49.9 Å². The first-order valence-electron chi connectivity index (χ1n) is 7.03. The van der Waals surface area contributed by atoms with Crippen molar-refractivity contribution in [1.29, 1.82) is 0 Å². The van der Waals surface area contributed by atoms with Crippen LogP contribution in [-0.2, 0) is 0 Å². The number of aromatic carboxylic acids is 1. The van der Waals surface area contributed by atoms with Gasteiger partial charge in [0.05, 0.1) is 5.69 Å². The number of nitrogens with zero attached hydrogens (tertiary/aromatic N) is 1. The normalized spacial score (nSPS) is 23.3. The fourth-order valence-corrected chi connectivity index (χ4v) is 3.03. The number of anilines is 1. The van der Waals surface area contributed by atoms with Crippen molar-refractivity contribution in [3.8, 4) is 0 Å². The molecule has 1 aliphatic rings. The van der Waals surface area contributed by atoms with Crippen molar-refractivity contribution in [1.82, 2.24) is 4.98 Å². The van der Waals surface area contributed by atoms with Crippen LogP contribution in [0.25, 0.3) is 0 Å². The number of rotatable bonds is 4. The average Bonchev–Trinajstić information content (AvgIpc) is 2.39. The van der Waals surface area contributed by atoms with Gasteiger partial charge in [-0.25, -0.2) is 4.79 Å². The molecule has 4 heteroatoms. The summed E-state index contributed by atoms with van der Waals surface area (Å²) >= 11 is 0. The third-order valence-corrected chi connectivity index (χ3v) is 4.07. The Labute approximate surface area is 114 Å². The Morgan fingerprint density at radius 2 is 2.16 bits per heavy atom. The van der Waals surface area contributed by atoms with Crippen molar-refractivity contribution in [2.45, 2.75) is 45.6 Å². The number of pyridine rings is 1. The van der Waals surface area contributed by atoms with E-state index in [-0.39, 0.29) is 5.56 Å². The molecule has 2 rings (SSSR count). The molecular formula is C15H22N2O2. The van der Waals surface area contributed by atoms with Gasteiger partial charge < -0.3 is 10.4 Å². The van der Waals surface area contributed by atoms with E-state index in [9.17, 15) is 9.90 Å². The molecule has 0 amide bonds. The van der Waals surface area contributed by atoms with E-state index in [0.717, 1.165) is 6.42 Å². The summed E-state index contributed by atoms with van der Waals surface area (Å²) in [7, 11) is 0. The number of aromatic nitrogens is 1. The van der Waals surface area contributed by atoms with Gasteiger partial charge in [-0.05, 0) is 30.7 Å². The van der Waals surface area contributed by atoms with E-state index in [0.29, 0.717) is 23.6 Å². The molecule has 2 unspecified atom stereocenters. The topological polar surface area (TPSA) is 62.2 Å². The molecule has 2 atom stereocenters. The summed E-state index contributed by atoms with van der Waals surface area (Å²) in [5.41, 5.74) is 0.954. The van der Waals surface area contributed by atoms with Crippen LogP contribution in [0.15, 0.2) is 18.5 Å². The first-order valence-corrected chi connectivity index (χ1v) is 7.03. The summed E-state index contributed by atoms with van der Waals surface area (Å²) < 4.78 is 0. The number of carboxylic acids is 1. The Morgan fingerprint density at radius 1 is 1.42 bits per heavy atom. The van der Waals surface area contributed by atoms with Crippen molar-refractivity contribution >= 4 is 11.7 Å². The Bertz CT molecular complexity index is 446. The van der Waals surface area contributed by atoms with Crippen molar-refractivity contribution in [3.63, 3.8) is 0 Å². The molecule has 1 aromatic heterocycles. The maximum atomic E-state index is 11.2. The summed E-state index contributed by atoms with van der Waals surface area (Å²) in [6.07, 6.45) is 7.89. The number of hydrogen-bond donors (Lipinski definition) is 2. The monoisotopic (exact) mass is 262 g/mol. The fourth-order valence-electron chi connectivity index (χ4n) is 3.03. The molecule has 0 radical (unpaired) electrons. The predicted molar refractivity (Wildman–Crippen MR) is 75.4 cm³/mol. The van der Waals surface area contributed by atoms with Crippen LogP contribution >= 0.6 is 0 Å². The van der Waals surface area contributed by atoms with Crippen LogP contribution in [0.3, 0.4) is 0 Å². The number of carboxylic acid groups (broad SMARTS) is 1. The smallest absolute Gasteiger partial charge is 0.339 e. The van der Waals surface area contributed by atoms with Crippen LogP contribution in [0.4, 0.5) is 5.69 Å². The molecule has 19 heavy (non-hydrogen) atoms. The van der Waals surface area contributed by atoms with Crippen molar-refractivity contribution in [3.05, 3.63) is 24.0 Å². The number of carbonyl (C=O) groups is 1. The van der Waals surface area contributed by atoms with E-state index in [1.807, 2.05) is 0 Å². The quantitative estimate of drug-likeness (QED) is 0.873. The molecule has 1 aliphatic carbocycles. The minimum Gasteiger partial charge on any atom is -0.478 e. The Kier molecular flexibility index (Phi) is 4.40. The summed E-state index contributed by atoms with van der Waals surface area (Å²) in [5.74, 6) is 0.309. The minimum atomic E-state index is -0.924. The van der Waals surface area contributed by atoms with Crippen LogP contribution in [0.5, 0.6) is 0 Å². The van der Waals surface area contributed by atoms with Crippen molar-refractivity contribution < 1.29 is 9.90 Å². The average molecular weight is 262 g/mol. The van der Waals surface area contributed by atoms with E-state index < -0.39 is 5.97 Å². The molecule has 0 aromatic carbocycles. The molecule has 1 fully saturated rings. The van der Waals surface area contributed by atoms with Gasteiger partial charge in [0, 0.05) is 18.4 Å². The number of hydrogen-bond acceptors (Lipinski definition) is 3. The van der Waals surface area contributed by atoms with Gasteiger partial charge in [-0.1, -0.05) is 26.7 Å². The molecule has 2 N–H and O–H groups in total. The molecular weight excluding hydrogens is 240 g/mol. The first-order chi connectivity index (χ1) is 9.09. The number of nitrogens with one attached hydrogen (secondary N) is 1. The third-order valence-electron chi connectivity index (χ3n) is 4.07. The highest BCUT2D eigenvalue weighted by Gasteiger charge is 2.28. The molecule has 1 heterocycles. The highest BCUT2D eigenvalue weighted by Crippen LogP contribution is 2.32.